The molecule has 0 unspecified atom stereocenters. The first kappa shape index (κ1) is 30.9. The minimum absolute atomic E-state index is 0.527. The zero-order valence-corrected chi connectivity index (χ0v) is 28.8. The molecule has 0 bridgehead atoms. The standard InChI is InChI=1S/C24H58N4P2Si2/c1-19(2)27(20(3)4)29(25(9)10)23(31(13,14)15)30(26(11)12,24(29)32(16,17)18)28(21(5)6)22(7)8/h19-22H,1-18H3. The van der Waals surface area contributed by atoms with Gasteiger partial charge in [-0.05, 0) is 92.9 Å². The molecule has 1 rings (SSSR count). The number of hydrogen-bond donors (Lipinski definition) is 0. The van der Waals surface area contributed by atoms with E-state index >= 15 is 0 Å². The highest BCUT2D eigenvalue weighted by molar-refractivity contribution is 8.30. The van der Waals surface area contributed by atoms with Crippen LogP contribution in [0.15, 0.2) is 0 Å². The summed E-state index contributed by atoms with van der Waals surface area (Å²) >= 11 is 0. The third kappa shape index (κ3) is 4.66. The van der Waals surface area contributed by atoms with E-state index in [4.69, 9.17) is 0 Å². The lowest BCUT2D eigenvalue weighted by Gasteiger charge is -2.69. The van der Waals surface area contributed by atoms with Crippen LogP contribution in [-0.2, 0) is 0 Å². The molecule has 0 fully saturated rings. The zero-order valence-electron chi connectivity index (χ0n) is 25.0. The van der Waals surface area contributed by atoms with Crippen LogP contribution in [0.25, 0.3) is 0 Å². The summed E-state index contributed by atoms with van der Waals surface area (Å²) in [6.07, 6.45) is 0. The lowest BCUT2D eigenvalue weighted by Crippen LogP contribution is -2.63. The van der Waals surface area contributed by atoms with Gasteiger partial charge in [0.05, 0.1) is 16.1 Å². The maximum absolute atomic E-state index is 2.98. The molecule has 32 heavy (non-hydrogen) atoms. The van der Waals surface area contributed by atoms with Gasteiger partial charge in [-0.1, -0.05) is 39.3 Å². The van der Waals surface area contributed by atoms with Crippen molar-refractivity contribution in [1.29, 1.82) is 0 Å². The third-order valence-electron chi connectivity index (χ3n) is 6.47. The van der Waals surface area contributed by atoms with Crippen molar-refractivity contribution in [2.24, 2.45) is 0 Å². The minimum Gasteiger partial charge on any atom is -0.275 e. The number of hydrogen-bond acceptors (Lipinski definition) is 4. The average Bonchev–Trinajstić information content (AvgIpc) is 2.46. The van der Waals surface area contributed by atoms with Gasteiger partial charge in [0.15, 0.2) is 0 Å². The molecule has 1 aliphatic rings. The molecule has 4 nitrogen and oxygen atoms in total. The van der Waals surface area contributed by atoms with E-state index in [1.54, 1.807) is 0 Å². The third-order valence-corrected chi connectivity index (χ3v) is 32.1. The molecule has 0 N–H and O–H groups in total. The zero-order chi connectivity index (χ0) is 25.8. The Morgan fingerprint density at radius 1 is 0.469 bits per heavy atom. The Morgan fingerprint density at radius 2 is 0.656 bits per heavy atom. The Balaban J connectivity index is 4.62. The van der Waals surface area contributed by atoms with Crippen LogP contribution in [0.5, 0.6) is 0 Å². The van der Waals surface area contributed by atoms with Gasteiger partial charge < -0.3 is 0 Å². The van der Waals surface area contributed by atoms with E-state index in [0.717, 1.165) is 0 Å². The summed E-state index contributed by atoms with van der Waals surface area (Å²) in [7, 11) is 2.84. The van der Waals surface area contributed by atoms with Crippen LogP contribution >= 0.6 is 14.4 Å². The first-order chi connectivity index (χ1) is 14.1. The van der Waals surface area contributed by atoms with E-state index in [-0.39, 0.29) is 0 Å². The monoisotopic (exact) mass is 520 g/mol. The van der Waals surface area contributed by atoms with Crippen molar-refractivity contribution in [3.8, 4) is 0 Å². The van der Waals surface area contributed by atoms with E-state index in [9.17, 15) is 0 Å². The quantitative estimate of drug-likeness (QED) is 0.226. The number of nitrogens with zero attached hydrogens (tertiary/aromatic N) is 4. The molecule has 0 aromatic rings. The molecule has 0 amide bonds. The molecular weight excluding hydrogens is 462 g/mol. The number of rotatable bonds is 10. The molecule has 0 aromatic heterocycles. The molecule has 0 spiro atoms. The first-order valence-electron chi connectivity index (χ1n) is 12.6. The van der Waals surface area contributed by atoms with Crippen LogP contribution in [0.1, 0.15) is 55.4 Å². The normalized spacial score (nSPS) is 25.7. The average molecular weight is 521 g/mol. The summed E-state index contributed by atoms with van der Waals surface area (Å²) in [5.41, 5.74) is 0. The predicted octanol–water partition coefficient (Wildman–Crippen LogP) is 7.07. The van der Waals surface area contributed by atoms with Crippen LogP contribution in [0, 0.1) is 0 Å². The van der Waals surface area contributed by atoms with Crippen molar-refractivity contribution >= 4 is 39.8 Å². The Kier molecular flexibility index (Phi) is 9.74. The van der Waals surface area contributed by atoms with Crippen LogP contribution < -0.4 is 0 Å². The molecule has 0 saturated heterocycles. The fraction of sp³-hybridized carbons (Fsp3) is 0.917. The molecule has 0 aliphatic carbocycles. The second kappa shape index (κ2) is 10.1. The summed E-state index contributed by atoms with van der Waals surface area (Å²) in [6.45, 7) is 35.3. The topological polar surface area (TPSA) is 13.0 Å². The first-order valence-corrected chi connectivity index (χ1v) is 23.0. The molecular formula is C24H58N4P2Si2. The van der Waals surface area contributed by atoms with Crippen molar-refractivity contribution in [1.82, 2.24) is 18.7 Å². The Hall–Kier alpha value is 0.874. The molecule has 1 heterocycles. The highest BCUT2D eigenvalue weighted by atomic mass is 31.2. The molecule has 8 heteroatoms. The van der Waals surface area contributed by atoms with Crippen LogP contribution in [-0.4, -0.2) is 96.5 Å². The minimum atomic E-state index is -1.75. The van der Waals surface area contributed by atoms with Gasteiger partial charge in [0.1, 0.15) is 0 Å². The van der Waals surface area contributed by atoms with Crippen molar-refractivity contribution in [2.75, 3.05) is 28.2 Å². The SMILES string of the molecule is CC(C)N(C(C)C)P1(N(C)C)=C([Si](C)(C)C)P(N(C)C)(N(C(C)C)C(C)C)=C1[Si](C)(C)C. The fourth-order valence-electron chi connectivity index (χ4n) is 6.55. The van der Waals surface area contributed by atoms with Gasteiger partial charge in [0.25, 0.3) is 0 Å². The molecule has 0 radical (unpaired) electrons. The van der Waals surface area contributed by atoms with Crippen molar-refractivity contribution in [3.05, 3.63) is 0 Å². The van der Waals surface area contributed by atoms with Gasteiger partial charge in [-0.3, -0.25) is 18.7 Å². The summed E-state index contributed by atoms with van der Waals surface area (Å²) in [5, 5.41) is 0. The fourth-order valence-corrected chi connectivity index (χ4v) is 41.7. The van der Waals surface area contributed by atoms with Gasteiger partial charge in [-0.2, -0.15) is 0 Å². The summed E-state index contributed by atoms with van der Waals surface area (Å²) < 4.78 is 15.4. The van der Waals surface area contributed by atoms with E-state index in [2.05, 4.69) is 142 Å². The van der Waals surface area contributed by atoms with Gasteiger partial charge in [0.2, 0.25) is 0 Å². The Labute approximate surface area is 205 Å². The molecule has 0 atom stereocenters. The highest BCUT2D eigenvalue weighted by Crippen LogP contribution is 2.83. The largest absolute Gasteiger partial charge is 0.275 e. The van der Waals surface area contributed by atoms with E-state index in [1.165, 1.54) is 0 Å². The Bertz CT molecular complexity index is 686. The van der Waals surface area contributed by atoms with E-state index < -0.39 is 30.5 Å². The maximum atomic E-state index is 2.98. The maximum Gasteiger partial charge on any atom is 0.0851 e. The van der Waals surface area contributed by atoms with Gasteiger partial charge in [-0.15, -0.1) is 0 Å². The second-order valence-corrected chi connectivity index (χ2v) is 32.3. The molecule has 1 aliphatic heterocycles. The summed E-state index contributed by atoms with van der Waals surface area (Å²) in [6, 6.07) is 2.11. The second-order valence-electron chi connectivity index (χ2n) is 13.2. The van der Waals surface area contributed by atoms with Gasteiger partial charge in [0, 0.05) is 38.5 Å². The van der Waals surface area contributed by atoms with Crippen LogP contribution in [0.4, 0.5) is 0 Å². The van der Waals surface area contributed by atoms with Crippen molar-refractivity contribution in [3.63, 3.8) is 0 Å². The lowest BCUT2D eigenvalue weighted by atomic mass is 10.3. The molecule has 192 valence electrons. The van der Waals surface area contributed by atoms with E-state index in [1.807, 2.05) is 9.32 Å². The molecule has 0 saturated carbocycles. The van der Waals surface area contributed by atoms with Gasteiger partial charge >= 0.3 is 0 Å². The highest BCUT2D eigenvalue weighted by Gasteiger charge is 2.62. The predicted molar refractivity (Wildman–Crippen MR) is 162 cm³/mol. The molecule has 0 aromatic carbocycles. The van der Waals surface area contributed by atoms with Crippen molar-refractivity contribution < 1.29 is 0 Å². The lowest BCUT2D eigenvalue weighted by molar-refractivity contribution is 0.305. The van der Waals surface area contributed by atoms with Crippen LogP contribution in [0.2, 0.25) is 39.3 Å². The van der Waals surface area contributed by atoms with E-state index in [0.29, 0.717) is 24.2 Å². The van der Waals surface area contributed by atoms with Crippen molar-refractivity contribution in [2.45, 2.75) is 119 Å². The van der Waals surface area contributed by atoms with Gasteiger partial charge in [-0.25, -0.2) is 0 Å². The smallest absolute Gasteiger partial charge is 0.0851 e. The van der Waals surface area contributed by atoms with Crippen LogP contribution in [0.3, 0.4) is 0 Å². The summed E-state index contributed by atoms with van der Waals surface area (Å²) in [5.74, 6) is 0. The summed E-state index contributed by atoms with van der Waals surface area (Å²) in [4.78, 5) is 0. The Morgan fingerprint density at radius 3 is 0.750 bits per heavy atom.